The van der Waals surface area contributed by atoms with Gasteiger partial charge in [0.25, 0.3) is 0 Å². The molecule has 1 N–H and O–H groups in total. The summed E-state index contributed by atoms with van der Waals surface area (Å²) < 4.78 is 82.2. The zero-order valence-corrected chi connectivity index (χ0v) is 18.5. The standard InChI is InChI=1S/C23H19F6N3O.ClH/c24-22(25,26)15-7-3-2-6-14(15)13-10-16(23(27,28)29)19-17(11-13)30-20(31-19)18-12-21(33-32-18)8-4-1-5-9-21;/h2-3,6-7,10-11H,1,4-5,8-9,12H2,(H,30,31);1H. The first-order valence-corrected chi connectivity index (χ1v) is 10.6. The predicted octanol–water partition coefficient (Wildman–Crippen LogP) is 7.52. The summed E-state index contributed by atoms with van der Waals surface area (Å²) in [5.41, 5.74) is -3.07. The van der Waals surface area contributed by atoms with Gasteiger partial charge in [-0.1, -0.05) is 29.8 Å². The fraction of sp³-hybridized carbons (Fsp3) is 0.391. The van der Waals surface area contributed by atoms with Crippen molar-refractivity contribution in [2.24, 2.45) is 5.16 Å². The predicted molar refractivity (Wildman–Crippen MR) is 117 cm³/mol. The van der Waals surface area contributed by atoms with Crippen molar-refractivity contribution in [2.45, 2.75) is 56.5 Å². The second kappa shape index (κ2) is 8.48. The van der Waals surface area contributed by atoms with Gasteiger partial charge in [-0.15, -0.1) is 12.4 Å². The lowest BCUT2D eigenvalue weighted by molar-refractivity contribution is -0.137. The molecular weight excluding hydrogens is 484 g/mol. The van der Waals surface area contributed by atoms with Gasteiger partial charge in [-0.2, -0.15) is 26.3 Å². The number of halogens is 7. The Bertz CT molecular complexity index is 1240. The van der Waals surface area contributed by atoms with Crippen molar-refractivity contribution in [2.75, 3.05) is 0 Å². The maximum absolute atomic E-state index is 13.9. The number of nitrogens with one attached hydrogen (secondary N) is 1. The Kier molecular flexibility index (Phi) is 6.08. The summed E-state index contributed by atoms with van der Waals surface area (Å²) in [5, 5.41) is 4.09. The van der Waals surface area contributed by atoms with Gasteiger partial charge in [0, 0.05) is 6.42 Å². The number of benzene rings is 2. The van der Waals surface area contributed by atoms with Crippen molar-refractivity contribution in [1.29, 1.82) is 0 Å². The maximum Gasteiger partial charge on any atom is 0.418 e. The van der Waals surface area contributed by atoms with E-state index < -0.39 is 29.1 Å². The molecule has 4 nitrogen and oxygen atoms in total. The minimum absolute atomic E-state index is 0. The number of imidazole rings is 1. The van der Waals surface area contributed by atoms with Crippen LogP contribution in [-0.4, -0.2) is 21.3 Å². The molecule has 182 valence electrons. The van der Waals surface area contributed by atoms with E-state index in [0.29, 0.717) is 12.1 Å². The number of aromatic nitrogens is 2. The Morgan fingerprint density at radius 1 is 0.882 bits per heavy atom. The molecule has 1 saturated carbocycles. The van der Waals surface area contributed by atoms with Crippen LogP contribution in [0.3, 0.4) is 0 Å². The van der Waals surface area contributed by atoms with Gasteiger partial charge in [-0.05, 0) is 55.0 Å². The molecule has 5 rings (SSSR count). The van der Waals surface area contributed by atoms with Gasteiger partial charge in [-0.25, -0.2) is 4.98 Å². The van der Waals surface area contributed by atoms with Crippen LogP contribution < -0.4 is 0 Å². The molecule has 0 bridgehead atoms. The number of oxime groups is 1. The molecule has 1 aliphatic heterocycles. The first kappa shape index (κ1) is 24.4. The highest BCUT2D eigenvalue weighted by Crippen LogP contribution is 2.43. The molecule has 3 aromatic rings. The highest BCUT2D eigenvalue weighted by molar-refractivity contribution is 6.01. The first-order valence-electron chi connectivity index (χ1n) is 10.6. The Balaban J connectivity index is 0.00000274. The molecule has 11 heteroatoms. The van der Waals surface area contributed by atoms with E-state index >= 15 is 0 Å². The van der Waals surface area contributed by atoms with Crippen molar-refractivity contribution in [1.82, 2.24) is 9.97 Å². The Hall–Kier alpha value is -2.75. The highest BCUT2D eigenvalue weighted by atomic mass is 35.5. The molecule has 34 heavy (non-hydrogen) atoms. The molecular formula is C23H20ClF6N3O. The van der Waals surface area contributed by atoms with Crippen LogP contribution in [-0.2, 0) is 17.2 Å². The van der Waals surface area contributed by atoms with E-state index in [4.69, 9.17) is 4.84 Å². The summed E-state index contributed by atoms with van der Waals surface area (Å²) in [7, 11) is 0. The summed E-state index contributed by atoms with van der Waals surface area (Å²) in [6.45, 7) is 0. The lowest BCUT2D eigenvalue weighted by atomic mass is 9.81. The van der Waals surface area contributed by atoms with E-state index in [1.54, 1.807) is 0 Å². The van der Waals surface area contributed by atoms with Crippen molar-refractivity contribution < 1.29 is 31.2 Å². The van der Waals surface area contributed by atoms with Crippen molar-refractivity contribution in [3.8, 4) is 11.1 Å². The minimum Gasteiger partial charge on any atom is -0.388 e. The first-order chi connectivity index (χ1) is 15.6. The van der Waals surface area contributed by atoms with Crippen LogP contribution >= 0.6 is 12.4 Å². The largest absolute Gasteiger partial charge is 0.418 e. The second-order valence-electron chi connectivity index (χ2n) is 8.59. The summed E-state index contributed by atoms with van der Waals surface area (Å²) in [4.78, 5) is 12.6. The number of hydrogen-bond donors (Lipinski definition) is 1. The monoisotopic (exact) mass is 503 g/mol. The van der Waals surface area contributed by atoms with Crippen molar-refractivity contribution in [3.05, 3.63) is 53.3 Å². The van der Waals surface area contributed by atoms with Crippen LogP contribution in [0.2, 0.25) is 0 Å². The quantitative estimate of drug-likeness (QED) is 0.368. The van der Waals surface area contributed by atoms with Gasteiger partial charge in [0.15, 0.2) is 5.82 Å². The number of H-pyrrole nitrogens is 1. The number of nitrogens with zero attached hydrogens (tertiary/aromatic N) is 2. The molecule has 0 amide bonds. The average molecular weight is 504 g/mol. The fourth-order valence-corrected chi connectivity index (χ4v) is 4.72. The minimum atomic E-state index is -4.80. The van der Waals surface area contributed by atoms with E-state index in [9.17, 15) is 26.3 Å². The summed E-state index contributed by atoms with van der Waals surface area (Å²) in [5.74, 6) is 0.138. The number of alkyl halides is 6. The van der Waals surface area contributed by atoms with Gasteiger partial charge in [0.1, 0.15) is 11.3 Å². The van der Waals surface area contributed by atoms with Crippen LogP contribution in [0.5, 0.6) is 0 Å². The third-order valence-electron chi connectivity index (χ3n) is 6.32. The van der Waals surface area contributed by atoms with E-state index in [-0.39, 0.29) is 40.4 Å². The highest BCUT2D eigenvalue weighted by Gasteiger charge is 2.42. The molecule has 2 heterocycles. The van der Waals surface area contributed by atoms with Crippen molar-refractivity contribution >= 4 is 29.2 Å². The fourth-order valence-electron chi connectivity index (χ4n) is 4.72. The number of hydrogen-bond acceptors (Lipinski definition) is 3. The Morgan fingerprint density at radius 3 is 2.24 bits per heavy atom. The summed E-state index contributed by atoms with van der Waals surface area (Å²) in [6.07, 6.45) is -4.39. The molecule has 0 radical (unpaired) electrons. The molecule has 1 spiro atoms. The Morgan fingerprint density at radius 2 is 1.56 bits per heavy atom. The zero-order valence-electron chi connectivity index (χ0n) is 17.7. The second-order valence-corrected chi connectivity index (χ2v) is 8.59. The summed E-state index contributed by atoms with van der Waals surface area (Å²) in [6, 6.07) is 6.51. The third kappa shape index (κ3) is 4.35. The SMILES string of the molecule is Cl.FC(F)(F)c1ccccc1-c1cc(C(F)(F)F)c2[nH]c(C3=NOC4(CCCCC4)C3)nc2c1. The molecule has 1 aliphatic carbocycles. The van der Waals surface area contributed by atoms with E-state index in [1.807, 2.05) is 0 Å². The van der Waals surface area contributed by atoms with Crippen LogP contribution in [0.1, 0.15) is 55.5 Å². The normalized spacial score (nSPS) is 18.0. The lowest BCUT2D eigenvalue weighted by Gasteiger charge is -2.30. The number of rotatable bonds is 2. The van der Waals surface area contributed by atoms with Crippen molar-refractivity contribution in [3.63, 3.8) is 0 Å². The van der Waals surface area contributed by atoms with Crippen LogP contribution in [0.15, 0.2) is 41.6 Å². The lowest BCUT2D eigenvalue weighted by Crippen LogP contribution is -2.31. The number of aromatic amines is 1. The molecule has 2 aliphatic rings. The zero-order chi connectivity index (χ0) is 23.4. The molecule has 1 fully saturated rings. The maximum atomic E-state index is 13.9. The van der Waals surface area contributed by atoms with Gasteiger partial charge in [0.05, 0.1) is 22.2 Å². The molecule has 2 aromatic carbocycles. The van der Waals surface area contributed by atoms with Crippen LogP contribution in [0.25, 0.3) is 22.2 Å². The van der Waals surface area contributed by atoms with E-state index in [1.165, 1.54) is 18.2 Å². The van der Waals surface area contributed by atoms with Gasteiger partial charge in [0.2, 0.25) is 0 Å². The third-order valence-corrected chi connectivity index (χ3v) is 6.32. The van der Waals surface area contributed by atoms with Crippen LogP contribution in [0, 0.1) is 0 Å². The van der Waals surface area contributed by atoms with Gasteiger partial charge in [-0.3, -0.25) is 0 Å². The smallest absolute Gasteiger partial charge is 0.388 e. The van der Waals surface area contributed by atoms with Crippen LogP contribution in [0.4, 0.5) is 26.3 Å². The number of fused-ring (bicyclic) bond motifs is 1. The van der Waals surface area contributed by atoms with Gasteiger partial charge < -0.3 is 9.82 Å². The molecule has 0 saturated heterocycles. The molecule has 0 unspecified atom stereocenters. The summed E-state index contributed by atoms with van der Waals surface area (Å²) >= 11 is 0. The average Bonchev–Trinajstić information content (AvgIpc) is 3.36. The molecule has 0 atom stereocenters. The topological polar surface area (TPSA) is 50.3 Å². The van der Waals surface area contributed by atoms with E-state index in [2.05, 4.69) is 15.1 Å². The molecule has 1 aromatic heterocycles. The Labute approximate surface area is 196 Å². The van der Waals surface area contributed by atoms with E-state index in [0.717, 1.165) is 50.3 Å². The van der Waals surface area contributed by atoms with Gasteiger partial charge >= 0.3 is 12.4 Å².